The number of aliphatic hydroxyl groups is 3. The summed E-state index contributed by atoms with van der Waals surface area (Å²) in [5.41, 5.74) is 0.258. The van der Waals surface area contributed by atoms with E-state index in [0.717, 1.165) is 24.8 Å². The average molecular weight is 469 g/mol. The van der Waals surface area contributed by atoms with Gasteiger partial charge >= 0.3 is 0 Å². The number of carbonyl (C=O) groups excluding carboxylic acids is 1. The molecule has 6 heteroatoms. The van der Waals surface area contributed by atoms with Gasteiger partial charge in [-0.2, -0.15) is 0 Å². The van der Waals surface area contributed by atoms with E-state index in [4.69, 9.17) is 9.47 Å². The fourth-order valence-corrected chi connectivity index (χ4v) is 7.80. The highest BCUT2D eigenvalue weighted by Gasteiger charge is 2.72. The number of benzene rings is 1. The minimum absolute atomic E-state index is 0.00408. The van der Waals surface area contributed by atoms with Crippen molar-refractivity contribution in [3.05, 3.63) is 47.0 Å². The third-order valence-corrected chi connectivity index (χ3v) is 10.6. The molecule has 2 heterocycles. The predicted molar refractivity (Wildman–Crippen MR) is 125 cm³/mol. The monoisotopic (exact) mass is 468 g/mol. The fourth-order valence-electron chi connectivity index (χ4n) is 7.80. The first-order valence-electron chi connectivity index (χ1n) is 12.7. The Morgan fingerprint density at radius 2 is 1.94 bits per heavy atom. The van der Waals surface area contributed by atoms with Crippen molar-refractivity contribution in [2.45, 2.75) is 107 Å². The van der Waals surface area contributed by atoms with Crippen LogP contribution in [0.2, 0.25) is 0 Å². The van der Waals surface area contributed by atoms with Gasteiger partial charge in [0.15, 0.2) is 12.1 Å². The van der Waals surface area contributed by atoms with Gasteiger partial charge in [0.05, 0.1) is 17.6 Å². The van der Waals surface area contributed by atoms with Crippen molar-refractivity contribution in [1.82, 2.24) is 0 Å². The summed E-state index contributed by atoms with van der Waals surface area (Å²) in [6.45, 7) is 7.95. The molecular formula is C28H36O6. The lowest BCUT2D eigenvalue weighted by Gasteiger charge is -2.59. The van der Waals surface area contributed by atoms with Crippen LogP contribution >= 0.6 is 0 Å². The van der Waals surface area contributed by atoms with Gasteiger partial charge in [0, 0.05) is 12.3 Å². The zero-order valence-corrected chi connectivity index (χ0v) is 20.5. The van der Waals surface area contributed by atoms with Crippen LogP contribution in [0.15, 0.2) is 30.4 Å². The SMILES string of the molecule is C[C@@H](c1ccc2c(c1)CC[C@@H]1[C@@H]2C[C@@H](O)[C@@]2(O)CC=CC(=O)[C@]12C)[C@@H]1C[C@]2(C)O[C@]2(C)[C@H](O)O1. The first-order valence-corrected chi connectivity index (χ1v) is 12.7. The third kappa shape index (κ3) is 2.72. The van der Waals surface area contributed by atoms with Crippen molar-refractivity contribution in [2.75, 3.05) is 0 Å². The van der Waals surface area contributed by atoms with Gasteiger partial charge in [-0.3, -0.25) is 4.79 Å². The summed E-state index contributed by atoms with van der Waals surface area (Å²) < 4.78 is 11.8. The van der Waals surface area contributed by atoms with E-state index >= 15 is 0 Å². The van der Waals surface area contributed by atoms with E-state index in [1.54, 1.807) is 12.2 Å². The topological polar surface area (TPSA) is 99.5 Å². The number of hydrogen-bond acceptors (Lipinski definition) is 6. The van der Waals surface area contributed by atoms with Gasteiger partial charge in [0.1, 0.15) is 16.8 Å². The Labute approximate surface area is 201 Å². The van der Waals surface area contributed by atoms with Gasteiger partial charge in [-0.15, -0.1) is 0 Å². The molecule has 0 radical (unpaired) electrons. The van der Waals surface area contributed by atoms with E-state index in [-0.39, 0.29) is 35.2 Å². The standard InChI is InChI=1S/C28H36O6/c1-15(21-14-25(2)27(4,34-25)24(31)33-21)16-7-9-18-17(12-16)8-10-20-19(18)13-23(30)28(32)11-5-6-22(29)26(20,28)3/h5-7,9,12,15,19-21,23-24,30-32H,8,10-11,13-14H2,1-4H3/t15-,19+,20+,21-,23+,24+,25-,26-,27+,28-/m0/s1. The zero-order valence-electron chi connectivity index (χ0n) is 20.5. The number of aliphatic hydroxyl groups excluding tert-OH is 2. The molecule has 3 fully saturated rings. The lowest BCUT2D eigenvalue weighted by molar-refractivity contribution is -0.207. The summed E-state index contributed by atoms with van der Waals surface area (Å²) >= 11 is 0. The summed E-state index contributed by atoms with van der Waals surface area (Å²) in [4.78, 5) is 13.1. The molecule has 10 atom stereocenters. The van der Waals surface area contributed by atoms with Gasteiger partial charge in [0.2, 0.25) is 0 Å². The molecule has 2 saturated heterocycles. The van der Waals surface area contributed by atoms with Crippen LogP contribution in [0.25, 0.3) is 0 Å². The molecule has 3 N–H and O–H groups in total. The maximum atomic E-state index is 13.1. The molecule has 3 aliphatic carbocycles. The molecule has 1 saturated carbocycles. The lowest BCUT2D eigenvalue weighted by Crippen LogP contribution is -2.67. The minimum atomic E-state index is -1.40. The summed E-state index contributed by atoms with van der Waals surface area (Å²) in [6, 6.07) is 6.53. The molecule has 34 heavy (non-hydrogen) atoms. The number of fused-ring (bicyclic) bond motifs is 6. The van der Waals surface area contributed by atoms with Crippen LogP contribution in [-0.2, 0) is 20.7 Å². The van der Waals surface area contributed by atoms with E-state index in [9.17, 15) is 20.1 Å². The zero-order chi connectivity index (χ0) is 24.3. The fraction of sp³-hybridized carbons (Fsp3) is 0.679. The number of rotatable bonds is 2. The van der Waals surface area contributed by atoms with Crippen LogP contribution < -0.4 is 0 Å². The smallest absolute Gasteiger partial charge is 0.186 e. The molecular weight excluding hydrogens is 432 g/mol. The number of epoxide rings is 1. The second kappa shape index (κ2) is 7.01. The molecule has 2 aliphatic heterocycles. The van der Waals surface area contributed by atoms with E-state index in [1.807, 2.05) is 20.8 Å². The van der Waals surface area contributed by atoms with Crippen LogP contribution in [0, 0.1) is 11.3 Å². The average Bonchev–Trinajstić information content (AvgIpc) is 3.38. The van der Waals surface area contributed by atoms with Crippen LogP contribution in [0.4, 0.5) is 0 Å². The molecule has 0 aromatic heterocycles. The number of ether oxygens (including phenoxy) is 2. The third-order valence-electron chi connectivity index (χ3n) is 10.6. The van der Waals surface area contributed by atoms with Crippen molar-refractivity contribution in [3.8, 4) is 0 Å². The highest BCUT2D eigenvalue weighted by Crippen LogP contribution is 2.61. The van der Waals surface area contributed by atoms with Crippen molar-refractivity contribution in [1.29, 1.82) is 0 Å². The minimum Gasteiger partial charge on any atom is -0.390 e. The van der Waals surface area contributed by atoms with Crippen molar-refractivity contribution >= 4 is 5.78 Å². The van der Waals surface area contributed by atoms with Gasteiger partial charge < -0.3 is 24.8 Å². The van der Waals surface area contributed by atoms with E-state index in [0.29, 0.717) is 12.8 Å². The van der Waals surface area contributed by atoms with Crippen molar-refractivity contribution in [3.63, 3.8) is 0 Å². The number of hydrogen-bond donors (Lipinski definition) is 3. The number of allylic oxidation sites excluding steroid dienone is 1. The Hall–Kier alpha value is -1.57. The van der Waals surface area contributed by atoms with Gasteiger partial charge in [-0.1, -0.05) is 31.2 Å². The molecule has 0 spiro atoms. The first-order chi connectivity index (χ1) is 15.9. The maximum absolute atomic E-state index is 13.1. The highest BCUT2D eigenvalue weighted by molar-refractivity contribution is 5.97. The first kappa shape index (κ1) is 22.9. The summed E-state index contributed by atoms with van der Waals surface area (Å²) in [5.74, 6) is 0.0546. The second-order valence-corrected chi connectivity index (χ2v) is 12.0. The molecule has 184 valence electrons. The Morgan fingerprint density at radius 3 is 2.68 bits per heavy atom. The summed E-state index contributed by atoms with van der Waals surface area (Å²) in [6.07, 6.45) is 4.46. The molecule has 1 aromatic carbocycles. The van der Waals surface area contributed by atoms with Crippen LogP contribution in [0.1, 0.15) is 81.9 Å². The number of carbonyl (C=O) groups is 1. The number of aryl methyl sites for hydroxylation is 1. The quantitative estimate of drug-likeness (QED) is 0.577. The summed E-state index contributed by atoms with van der Waals surface area (Å²) in [5, 5.41) is 33.0. The molecule has 6 nitrogen and oxygen atoms in total. The molecule has 6 rings (SSSR count). The van der Waals surface area contributed by atoms with E-state index < -0.39 is 29.0 Å². The lowest BCUT2D eigenvalue weighted by atomic mass is 9.47. The Balaban J connectivity index is 1.29. The Morgan fingerprint density at radius 1 is 1.18 bits per heavy atom. The number of ketones is 1. The predicted octanol–water partition coefficient (Wildman–Crippen LogP) is 3.12. The maximum Gasteiger partial charge on any atom is 0.186 e. The van der Waals surface area contributed by atoms with Crippen molar-refractivity contribution < 1.29 is 29.6 Å². The van der Waals surface area contributed by atoms with Gasteiger partial charge in [-0.25, -0.2) is 0 Å². The Kier molecular flexibility index (Phi) is 4.72. The van der Waals surface area contributed by atoms with E-state index in [1.165, 1.54) is 11.1 Å². The van der Waals surface area contributed by atoms with Gasteiger partial charge in [-0.05, 0) is 81.1 Å². The second-order valence-electron chi connectivity index (χ2n) is 12.0. The molecule has 0 bridgehead atoms. The summed E-state index contributed by atoms with van der Waals surface area (Å²) in [7, 11) is 0. The highest BCUT2D eigenvalue weighted by atomic mass is 16.7. The van der Waals surface area contributed by atoms with Crippen LogP contribution in [-0.4, -0.2) is 56.4 Å². The van der Waals surface area contributed by atoms with Crippen LogP contribution in [0.5, 0.6) is 0 Å². The van der Waals surface area contributed by atoms with Gasteiger partial charge in [0.25, 0.3) is 0 Å². The van der Waals surface area contributed by atoms with Crippen molar-refractivity contribution in [2.24, 2.45) is 11.3 Å². The molecule has 0 unspecified atom stereocenters. The van der Waals surface area contributed by atoms with E-state index in [2.05, 4.69) is 25.1 Å². The molecule has 5 aliphatic rings. The Bertz CT molecular complexity index is 1080. The van der Waals surface area contributed by atoms with Crippen LogP contribution in [0.3, 0.4) is 0 Å². The molecule has 1 aromatic rings. The normalized spacial score (nSPS) is 50.0. The largest absolute Gasteiger partial charge is 0.390 e. The molecule has 0 amide bonds.